The molecule has 144 valence electrons. The number of fused-ring (bicyclic) bond motifs is 2. The van der Waals surface area contributed by atoms with Crippen LogP contribution in [0.25, 0.3) is 17.2 Å². The monoisotopic (exact) mass is 386 g/mol. The molecule has 2 aliphatic heterocycles. The second-order valence-electron chi connectivity index (χ2n) is 7.38. The summed E-state index contributed by atoms with van der Waals surface area (Å²) in [6, 6.07) is 14.7. The predicted molar refractivity (Wildman–Crippen MR) is 108 cm³/mol. The first-order chi connectivity index (χ1) is 14.1. The summed E-state index contributed by atoms with van der Waals surface area (Å²) in [5.74, 6) is -0.416. The molecule has 0 N–H and O–H groups in total. The van der Waals surface area contributed by atoms with Crippen LogP contribution in [0.5, 0.6) is 0 Å². The zero-order valence-corrected chi connectivity index (χ0v) is 16.0. The number of hydrogen-bond acceptors (Lipinski definition) is 4. The molecule has 6 heteroatoms. The number of hydrogen-bond donors (Lipinski definition) is 0. The number of rotatable bonds is 3. The van der Waals surface area contributed by atoms with Crippen molar-refractivity contribution in [1.29, 1.82) is 0 Å². The van der Waals surface area contributed by atoms with Crippen molar-refractivity contribution in [3.8, 4) is 11.1 Å². The highest BCUT2D eigenvalue weighted by molar-refractivity contribution is 5.97. The van der Waals surface area contributed by atoms with Gasteiger partial charge in [-0.15, -0.1) is 0 Å². The first kappa shape index (κ1) is 17.6. The summed E-state index contributed by atoms with van der Waals surface area (Å²) < 4.78 is 14.8. The first-order valence-corrected chi connectivity index (χ1v) is 9.50. The maximum atomic E-state index is 14.8. The van der Waals surface area contributed by atoms with Crippen LogP contribution in [-0.2, 0) is 13.1 Å². The van der Waals surface area contributed by atoms with E-state index in [4.69, 9.17) is 0 Å². The molecule has 0 saturated carbocycles. The minimum Gasteiger partial charge on any atom is -0.328 e. The molecule has 29 heavy (non-hydrogen) atoms. The SMILES string of the molecule is CN1CC=c2cc(-c3ccc(CN4Cc5ncccc5C4=O)c(F)c3)ccc2=N1. The van der Waals surface area contributed by atoms with Crippen LogP contribution in [-0.4, -0.2) is 34.4 Å². The van der Waals surface area contributed by atoms with E-state index in [0.717, 1.165) is 33.9 Å². The average Bonchev–Trinajstić information content (AvgIpc) is 3.05. The highest BCUT2D eigenvalue weighted by atomic mass is 19.1. The number of aromatic nitrogens is 1. The van der Waals surface area contributed by atoms with Gasteiger partial charge in [-0.1, -0.05) is 24.3 Å². The molecule has 0 radical (unpaired) electrons. The van der Waals surface area contributed by atoms with Crippen molar-refractivity contribution in [3.63, 3.8) is 0 Å². The van der Waals surface area contributed by atoms with Crippen molar-refractivity contribution in [1.82, 2.24) is 14.9 Å². The molecule has 1 amide bonds. The second kappa shape index (κ2) is 6.81. The number of benzene rings is 2. The lowest BCUT2D eigenvalue weighted by Crippen LogP contribution is -2.34. The summed E-state index contributed by atoms with van der Waals surface area (Å²) in [5.41, 5.74) is 3.59. The Morgan fingerprint density at radius 1 is 1.10 bits per heavy atom. The molecule has 2 aromatic carbocycles. The predicted octanol–water partition coefficient (Wildman–Crippen LogP) is 2.30. The van der Waals surface area contributed by atoms with Crippen LogP contribution in [0.4, 0.5) is 4.39 Å². The molecule has 0 fully saturated rings. The van der Waals surface area contributed by atoms with E-state index in [0.29, 0.717) is 17.7 Å². The summed E-state index contributed by atoms with van der Waals surface area (Å²) in [4.78, 5) is 18.4. The van der Waals surface area contributed by atoms with Gasteiger partial charge in [-0.25, -0.2) is 4.39 Å². The normalized spacial score (nSPS) is 14.9. The maximum absolute atomic E-state index is 14.8. The number of pyridine rings is 1. The van der Waals surface area contributed by atoms with E-state index in [-0.39, 0.29) is 18.3 Å². The molecular formula is C23H19FN4O. The topological polar surface area (TPSA) is 48.8 Å². The van der Waals surface area contributed by atoms with E-state index in [1.54, 1.807) is 29.3 Å². The fourth-order valence-corrected chi connectivity index (χ4v) is 3.81. The van der Waals surface area contributed by atoms with Gasteiger partial charge in [0.25, 0.3) is 5.91 Å². The van der Waals surface area contributed by atoms with Gasteiger partial charge in [0.15, 0.2) is 0 Å². The number of carbonyl (C=O) groups excluding carboxylic acids is 1. The molecule has 5 nitrogen and oxygen atoms in total. The van der Waals surface area contributed by atoms with Gasteiger partial charge in [-0.05, 0) is 41.5 Å². The molecule has 2 aliphatic rings. The van der Waals surface area contributed by atoms with Gasteiger partial charge in [0.1, 0.15) is 5.82 Å². The minimum atomic E-state index is -0.315. The van der Waals surface area contributed by atoms with Crippen LogP contribution in [0.15, 0.2) is 59.8 Å². The summed E-state index contributed by atoms with van der Waals surface area (Å²) >= 11 is 0. The Morgan fingerprint density at radius 2 is 1.93 bits per heavy atom. The van der Waals surface area contributed by atoms with Crippen molar-refractivity contribution in [3.05, 3.63) is 87.9 Å². The van der Waals surface area contributed by atoms with Crippen LogP contribution >= 0.6 is 0 Å². The van der Waals surface area contributed by atoms with Gasteiger partial charge < -0.3 is 4.90 Å². The summed E-state index contributed by atoms with van der Waals surface area (Å²) in [6.07, 6.45) is 3.79. The summed E-state index contributed by atoms with van der Waals surface area (Å²) in [5, 5.41) is 8.33. The Morgan fingerprint density at radius 3 is 2.76 bits per heavy atom. The highest BCUT2D eigenvalue weighted by Crippen LogP contribution is 2.25. The highest BCUT2D eigenvalue weighted by Gasteiger charge is 2.28. The molecule has 1 aromatic heterocycles. The second-order valence-corrected chi connectivity index (χ2v) is 7.38. The van der Waals surface area contributed by atoms with Crippen LogP contribution < -0.4 is 10.6 Å². The van der Waals surface area contributed by atoms with Crippen LogP contribution in [0.3, 0.4) is 0 Å². The van der Waals surface area contributed by atoms with E-state index >= 15 is 0 Å². The molecule has 3 heterocycles. The zero-order valence-electron chi connectivity index (χ0n) is 16.0. The van der Waals surface area contributed by atoms with Gasteiger partial charge >= 0.3 is 0 Å². The lowest BCUT2D eigenvalue weighted by atomic mass is 10.0. The molecule has 0 bridgehead atoms. The van der Waals surface area contributed by atoms with Crippen LogP contribution in [0.2, 0.25) is 0 Å². The fourth-order valence-electron chi connectivity index (χ4n) is 3.81. The van der Waals surface area contributed by atoms with Crippen molar-refractivity contribution < 1.29 is 9.18 Å². The molecule has 0 atom stereocenters. The quantitative estimate of drug-likeness (QED) is 0.694. The Labute approximate surface area is 167 Å². The lowest BCUT2D eigenvalue weighted by molar-refractivity contribution is 0.0765. The van der Waals surface area contributed by atoms with Gasteiger partial charge in [0.2, 0.25) is 0 Å². The smallest absolute Gasteiger partial charge is 0.256 e. The van der Waals surface area contributed by atoms with Gasteiger partial charge in [-0.3, -0.25) is 14.8 Å². The van der Waals surface area contributed by atoms with E-state index in [9.17, 15) is 9.18 Å². The van der Waals surface area contributed by atoms with Crippen molar-refractivity contribution in [2.75, 3.05) is 13.6 Å². The molecular weight excluding hydrogens is 367 g/mol. The molecule has 0 unspecified atom stereocenters. The van der Waals surface area contributed by atoms with Crippen molar-refractivity contribution >= 4 is 12.0 Å². The van der Waals surface area contributed by atoms with Crippen molar-refractivity contribution in [2.45, 2.75) is 13.1 Å². The van der Waals surface area contributed by atoms with E-state index in [1.165, 1.54) is 6.07 Å². The number of amides is 1. The minimum absolute atomic E-state index is 0.101. The Balaban J connectivity index is 1.41. The van der Waals surface area contributed by atoms with E-state index in [2.05, 4.69) is 16.2 Å². The van der Waals surface area contributed by atoms with Gasteiger partial charge in [0.05, 0.1) is 29.7 Å². The maximum Gasteiger partial charge on any atom is 0.256 e. The number of carbonyl (C=O) groups is 1. The standard InChI is InChI=1S/C23H19FN4O/c1-27-10-8-17-11-15(6-7-21(17)26-27)16-4-5-18(20(24)12-16)13-28-14-22-19(23(28)29)3-2-9-25-22/h2-9,11-12H,10,13-14H2,1H3. The van der Waals surface area contributed by atoms with Crippen molar-refractivity contribution in [2.24, 2.45) is 5.10 Å². The Bertz CT molecular complexity index is 1250. The number of halogens is 1. The average molecular weight is 386 g/mol. The van der Waals surface area contributed by atoms with Gasteiger partial charge in [0, 0.05) is 30.6 Å². The van der Waals surface area contributed by atoms with E-state index < -0.39 is 0 Å². The molecule has 0 spiro atoms. The van der Waals surface area contributed by atoms with Crippen LogP contribution in [0.1, 0.15) is 21.6 Å². The number of nitrogens with zero attached hydrogens (tertiary/aromatic N) is 4. The molecule has 0 saturated heterocycles. The summed E-state index contributed by atoms with van der Waals surface area (Å²) in [7, 11) is 1.93. The zero-order chi connectivity index (χ0) is 20.0. The Hall–Kier alpha value is -3.54. The molecule has 3 aromatic rings. The third-order valence-corrected chi connectivity index (χ3v) is 5.38. The summed E-state index contributed by atoms with van der Waals surface area (Å²) in [6.45, 7) is 1.39. The molecule has 5 rings (SSSR count). The Kier molecular flexibility index (Phi) is 4.12. The third-order valence-electron chi connectivity index (χ3n) is 5.38. The first-order valence-electron chi connectivity index (χ1n) is 9.50. The van der Waals surface area contributed by atoms with Gasteiger partial charge in [-0.2, -0.15) is 5.10 Å². The fraction of sp³-hybridized carbons (Fsp3) is 0.174. The molecule has 0 aliphatic carbocycles. The lowest BCUT2D eigenvalue weighted by Gasteiger charge is -2.16. The third kappa shape index (κ3) is 3.16. The largest absolute Gasteiger partial charge is 0.328 e. The van der Waals surface area contributed by atoms with E-state index in [1.807, 2.05) is 36.3 Å². The van der Waals surface area contributed by atoms with Crippen LogP contribution in [0, 0.1) is 5.82 Å².